The normalized spacial score (nSPS) is 11.5. The number of sulfonamides is 1. The van der Waals surface area contributed by atoms with Crippen LogP contribution in [0.15, 0.2) is 52.0 Å². The number of hydrogen-bond donors (Lipinski definition) is 1. The van der Waals surface area contributed by atoms with E-state index in [1.165, 1.54) is 6.21 Å². The molecule has 0 saturated carbocycles. The summed E-state index contributed by atoms with van der Waals surface area (Å²) in [4.78, 5) is 12.2. The number of halogens is 1. The fourth-order valence-corrected chi connectivity index (χ4v) is 3.44. The SMILES string of the molecule is Cc1ccc(N(CC(=O)N/N=C\c2ccccc2Br)S(C)(=O)=O)cc1C. The number of aryl methyl sites for hydroxylation is 2. The topological polar surface area (TPSA) is 78.8 Å². The van der Waals surface area contributed by atoms with Gasteiger partial charge in [-0.3, -0.25) is 9.10 Å². The molecule has 2 aromatic rings. The van der Waals surface area contributed by atoms with Crippen LogP contribution in [0.4, 0.5) is 5.69 Å². The van der Waals surface area contributed by atoms with E-state index in [-0.39, 0.29) is 6.54 Å². The maximum atomic E-state index is 12.2. The highest BCUT2D eigenvalue weighted by Gasteiger charge is 2.21. The Balaban J connectivity index is 2.12. The van der Waals surface area contributed by atoms with Crippen molar-refractivity contribution in [1.29, 1.82) is 0 Å². The lowest BCUT2D eigenvalue weighted by Gasteiger charge is -2.22. The highest BCUT2D eigenvalue weighted by atomic mass is 79.9. The van der Waals surface area contributed by atoms with Gasteiger partial charge in [0, 0.05) is 10.0 Å². The minimum Gasteiger partial charge on any atom is -0.271 e. The third-order valence-electron chi connectivity index (χ3n) is 3.76. The Morgan fingerprint density at radius 2 is 1.88 bits per heavy atom. The molecule has 0 fully saturated rings. The van der Waals surface area contributed by atoms with Crippen molar-refractivity contribution >= 4 is 43.8 Å². The van der Waals surface area contributed by atoms with Gasteiger partial charge in [-0.05, 0) is 43.2 Å². The second-order valence-corrected chi connectivity index (χ2v) is 8.61. The van der Waals surface area contributed by atoms with Gasteiger partial charge in [0.1, 0.15) is 6.54 Å². The summed E-state index contributed by atoms with van der Waals surface area (Å²) >= 11 is 3.38. The molecule has 2 rings (SSSR count). The predicted molar refractivity (Wildman–Crippen MR) is 108 cm³/mol. The lowest BCUT2D eigenvalue weighted by molar-refractivity contribution is -0.119. The second kappa shape index (κ2) is 8.46. The van der Waals surface area contributed by atoms with Crippen molar-refractivity contribution in [3.8, 4) is 0 Å². The zero-order chi connectivity index (χ0) is 19.3. The third-order valence-corrected chi connectivity index (χ3v) is 5.63. The molecule has 1 N–H and O–H groups in total. The molecule has 8 heteroatoms. The number of hydrogen-bond acceptors (Lipinski definition) is 4. The summed E-state index contributed by atoms with van der Waals surface area (Å²) in [5, 5.41) is 3.89. The van der Waals surface area contributed by atoms with Gasteiger partial charge in [0.25, 0.3) is 5.91 Å². The van der Waals surface area contributed by atoms with Crippen LogP contribution in [-0.2, 0) is 14.8 Å². The molecule has 0 aliphatic carbocycles. The average Bonchev–Trinajstić information content (AvgIpc) is 2.56. The van der Waals surface area contributed by atoms with Crippen LogP contribution in [0.3, 0.4) is 0 Å². The van der Waals surface area contributed by atoms with Crippen molar-refractivity contribution < 1.29 is 13.2 Å². The van der Waals surface area contributed by atoms with Gasteiger partial charge in [-0.25, -0.2) is 13.8 Å². The first-order valence-electron chi connectivity index (χ1n) is 7.80. The number of carbonyl (C=O) groups excluding carboxylic acids is 1. The molecule has 0 atom stereocenters. The van der Waals surface area contributed by atoms with Crippen molar-refractivity contribution in [1.82, 2.24) is 5.43 Å². The smallest absolute Gasteiger partial charge is 0.260 e. The summed E-state index contributed by atoms with van der Waals surface area (Å²) in [7, 11) is -3.61. The van der Waals surface area contributed by atoms with E-state index in [2.05, 4.69) is 26.5 Å². The molecule has 6 nitrogen and oxygen atoms in total. The van der Waals surface area contributed by atoms with Crippen molar-refractivity contribution in [3.05, 3.63) is 63.6 Å². The molecular weight excluding hydrogens is 418 g/mol. The van der Waals surface area contributed by atoms with E-state index in [9.17, 15) is 13.2 Å². The summed E-state index contributed by atoms with van der Waals surface area (Å²) in [5.41, 5.74) is 5.59. The van der Waals surface area contributed by atoms with Crippen LogP contribution in [0.5, 0.6) is 0 Å². The Kier molecular flexibility index (Phi) is 6.55. The van der Waals surface area contributed by atoms with Gasteiger partial charge in [-0.1, -0.05) is 40.2 Å². The van der Waals surface area contributed by atoms with E-state index < -0.39 is 15.9 Å². The lowest BCUT2D eigenvalue weighted by atomic mass is 10.1. The van der Waals surface area contributed by atoms with Gasteiger partial charge < -0.3 is 0 Å². The lowest BCUT2D eigenvalue weighted by Crippen LogP contribution is -2.39. The molecule has 138 valence electrons. The summed E-state index contributed by atoms with van der Waals surface area (Å²) in [6.45, 7) is 3.48. The van der Waals surface area contributed by atoms with Gasteiger partial charge >= 0.3 is 0 Å². The molecule has 0 aromatic heterocycles. The van der Waals surface area contributed by atoms with Crippen LogP contribution in [0, 0.1) is 13.8 Å². The molecule has 0 heterocycles. The van der Waals surface area contributed by atoms with Gasteiger partial charge in [0.2, 0.25) is 10.0 Å². The molecule has 0 saturated heterocycles. The molecule has 26 heavy (non-hydrogen) atoms. The Morgan fingerprint density at radius 1 is 1.19 bits per heavy atom. The standard InChI is InChI=1S/C18H20BrN3O3S/c1-13-8-9-16(10-14(13)2)22(26(3,24)25)12-18(23)21-20-11-15-6-4-5-7-17(15)19/h4-11H,12H2,1-3H3,(H,21,23)/b20-11-. The number of nitrogens with zero attached hydrogens (tertiary/aromatic N) is 2. The van der Waals surface area contributed by atoms with Crippen LogP contribution in [0.1, 0.15) is 16.7 Å². The molecule has 0 aliphatic rings. The predicted octanol–water partition coefficient (Wildman–Crippen LogP) is 2.98. The third kappa shape index (κ3) is 5.40. The fraction of sp³-hybridized carbons (Fsp3) is 0.222. The first-order chi connectivity index (χ1) is 12.2. The monoisotopic (exact) mass is 437 g/mol. The van der Waals surface area contributed by atoms with E-state index in [0.29, 0.717) is 5.69 Å². The van der Waals surface area contributed by atoms with Gasteiger partial charge in [-0.15, -0.1) is 0 Å². The number of nitrogens with one attached hydrogen (secondary N) is 1. The molecule has 0 spiro atoms. The van der Waals surface area contributed by atoms with E-state index in [1.807, 2.05) is 44.2 Å². The first kappa shape index (κ1) is 20.1. The van der Waals surface area contributed by atoms with Crippen molar-refractivity contribution in [2.24, 2.45) is 5.10 Å². The minimum atomic E-state index is -3.61. The van der Waals surface area contributed by atoms with Crippen LogP contribution < -0.4 is 9.73 Å². The molecule has 0 aliphatic heterocycles. The van der Waals surface area contributed by atoms with Gasteiger partial charge in [0.05, 0.1) is 18.2 Å². The van der Waals surface area contributed by atoms with E-state index in [4.69, 9.17) is 0 Å². The number of anilines is 1. The molecule has 2 aromatic carbocycles. The zero-order valence-electron chi connectivity index (χ0n) is 14.7. The van der Waals surface area contributed by atoms with Gasteiger partial charge in [-0.2, -0.15) is 5.10 Å². The van der Waals surface area contributed by atoms with Crippen molar-refractivity contribution in [3.63, 3.8) is 0 Å². The van der Waals surface area contributed by atoms with Crippen molar-refractivity contribution in [2.45, 2.75) is 13.8 Å². The zero-order valence-corrected chi connectivity index (χ0v) is 17.1. The summed E-state index contributed by atoms with van der Waals surface area (Å²) in [6, 6.07) is 12.7. The van der Waals surface area contributed by atoms with Crippen LogP contribution >= 0.6 is 15.9 Å². The van der Waals surface area contributed by atoms with Crippen LogP contribution in [0.2, 0.25) is 0 Å². The summed E-state index contributed by atoms with van der Waals surface area (Å²) < 4.78 is 26.1. The van der Waals surface area contributed by atoms with E-state index in [1.54, 1.807) is 12.1 Å². The van der Waals surface area contributed by atoms with Crippen LogP contribution in [0.25, 0.3) is 0 Å². The number of benzene rings is 2. The minimum absolute atomic E-state index is 0.353. The first-order valence-corrected chi connectivity index (χ1v) is 10.4. The van der Waals surface area contributed by atoms with E-state index >= 15 is 0 Å². The number of amides is 1. The molecule has 0 unspecified atom stereocenters. The second-order valence-electron chi connectivity index (χ2n) is 5.85. The largest absolute Gasteiger partial charge is 0.271 e. The maximum Gasteiger partial charge on any atom is 0.260 e. The number of carbonyl (C=O) groups is 1. The Morgan fingerprint density at radius 3 is 2.50 bits per heavy atom. The Labute approximate surface area is 162 Å². The quantitative estimate of drug-likeness (QED) is 0.557. The Bertz CT molecular complexity index is 942. The maximum absolute atomic E-state index is 12.2. The highest BCUT2D eigenvalue weighted by molar-refractivity contribution is 9.10. The molecular formula is C18H20BrN3O3S. The van der Waals surface area contributed by atoms with E-state index in [0.717, 1.165) is 31.7 Å². The number of hydrazone groups is 1. The number of rotatable bonds is 6. The highest BCUT2D eigenvalue weighted by Crippen LogP contribution is 2.21. The van der Waals surface area contributed by atoms with Crippen molar-refractivity contribution in [2.75, 3.05) is 17.1 Å². The molecule has 0 bridgehead atoms. The molecule has 1 amide bonds. The average molecular weight is 438 g/mol. The summed E-state index contributed by atoms with van der Waals surface area (Å²) in [6.07, 6.45) is 2.56. The summed E-state index contributed by atoms with van der Waals surface area (Å²) in [5.74, 6) is -0.531. The Hall–Kier alpha value is -2.19. The molecule has 0 radical (unpaired) electrons. The fourth-order valence-electron chi connectivity index (χ4n) is 2.20. The van der Waals surface area contributed by atoms with Crippen LogP contribution in [-0.4, -0.2) is 33.3 Å². The van der Waals surface area contributed by atoms with Gasteiger partial charge in [0.15, 0.2) is 0 Å².